The molecule has 0 saturated carbocycles. The fourth-order valence-electron chi connectivity index (χ4n) is 3.29. The van der Waals surface area contributed by atoms with Gasteiger partial charge in [0, 0.05) is 18.1 Å². The third kappa shape index (κ3) is 5.31. The predicted molar refractivity (Wildman–Crippen MR) is 116 cm³/mol. The van der Waals surface area contributed by atoms with Gasteiger partial charge in [0.2, 0.25) is 11.8 Å². The zero-order chi connectivity index (χ0) is 20.1. The quantitative estimate of drug-likeness (QED) is 0.552. The Balaban J connectivity index is 1.34. The maximum absolute atomic E-state index is 12.5. The van der Waals surface area contributed by atoms with Gasteiger partial charge in [0.15, 0.2) is 0 Å². The number of amides is 1. The number of halogens is 1. The Hall–Kier alpha value is -2.51. The van der Waals surface area contributed by atoms with E-state index in [4.69, 9.17) is 16.0 Å². The van der Waals surface area contributed by atoms with Gasteiger partial charge in [-0.3, -0.25) is 4.79 Å². The molecular formula is C21H21ClN4O2S. The first kappa shape index (κ1) is 19.8. The lowest BCUT2D eigenvalue weighted by atomic mass is 10.2. The van der Waals surface area contributed by atoms with Crippen LogP contribution in [0.1, 0.15) is 24.3 Å². The lowest BCUT2D eigenvalue weighted by Crippen LogP contribution is -2.21. The number of hydrogen-bond donors (Lipinski definition) is 1. The minimum absolute atomic E-state index is 0.138. The van der Waals surface area contributed by atoms with Crippen LogP contribution in [-0.4, -0.2) is 34.9 Å². The second-order valence-electron chi connectivity index (χ2n) is 6.82. The molecule has 0 bridgehead atoms. The van der Waals surface area contributed by atoms with E-state index in [0.29, 0.717) is 22.6 Å². The molecular weight excluding hydrogens is 408 g/mol. The summed E-state index contributed by atoms with van der Waals surface area (Å²) < 4.78 is 5.64. The normalized spacial score (nSPS) is 13.6. The van der Waals surface area contributed by atoms with Gasteiger partial charge in [0.1, 0.15) is 0 Å². The summed E-state index contributed by atoms with van der Waals surface area (Å²) in [5.74, 6) is 0.574. The van der Waals surface area contributed by atoms with Crippen molar-refractivity contribution in [1.82, 2.24) is 10.2 Å². The molecule has 1 fully saturated rings. The van der Waals surface area contributed by atoms with Gasteiger partial charge in [-0.05, 0) is 36.6 Å². The van der Waals surface area contributed by atoms with Gasteiger partial charge in [-0.1, -0.05) is 53.7 Å². The number of rotatable bonds is 7. The van der Waals surface area contributed by atoms with Gasteiger partial charge in [-0.15, -0.1) is 10.2 Å². The summed E-state index contributed by atoms with van der Waals surface area (Å²) in [6, 6.07) is 15.5. The molecule has 3 aromatic rings. The fourth-order valence-corrected chi connectivity index (χ4v) is 4.05. The van der Waals surface area contributed by atoms with E-state index in [1.165, 1.54) is 11.8 Å². The smallest absolute Gasteiger partial charge is 0.277 e. The largest absolute Gasteiger partial charge is 0.416 e. The number of thioether (sulfide) groups is 1. The van der Waals surface area contributed by atoms with E-state index in [0.717, 1.165) is 42.9 Å². The summed E-state index contributed by atoms with van der Waals surface area (Å²) in [5.41, 5.74) is 2.84. The summed E-state index contributed by atoms with van der Waals surface area (Å²) in [6.07, 6.45) is 2.89. The summed E-state index contributed by atoms with van der Waals surface area (Å²) in [4.78, 5) is 14.7. The molecule has 1 aliphatic heterocycles. The summed E-state index contributed by atoms with van der Waals surface area (Å²) in [5, 5.41) is 12.0. The van der Waals surface area contributed by atoms with Crippen molar-refractivity contribution in [3.8, 4) is 0 Å². The molecule has 0 unspecified atom stereocenters. The molecule has 1 saturated heterocycles. The highest BCUT2D eigenvalue weighted by molar-refractivity contribution is 7.99. The molecule has 2 heterocycles. The maximum atomic E-state index is 12.5. The number of hydrogen-bond acceptors (Lipinski definition) is 6. The van der Waals surface area contributed by atoms with Crippen LogP contribution in [0.25, 0.3) is 0 Å². The third-order valence-electron chi connectivity index (χ3n) is 4.65. The summed E-state index contributed by atoms with van der Waals surface area (Å²) in [6.45, 7) is 1.98. The average molecular weight is 429 g/mol. The Morgan fingerprint density at radius 3 is 2.72 bits per heavy atom. The molecule has 150 valence electrons. The van der Waals surface area contributed by atoms with Crippen LogP contribution < -0.4 is 10.2 Å². The first-order chi connectivity index (χ1) is 14.2. The van der Waals surface area contributed by atoms with E-state index in [9.17, 15) is 4.79 Å². The van der Waals surface area contributed by atoms with Crippen LogP contribution in [0, 0.1) is 0 Å². The van der Waals surface area contributed by atoms with E-state index in [1.807, 2.05) is 42.5 Å². The highest BCUT2D eigenvalue weighted by atomic mass is 35.5. The Labute approximate surface area is 178 Å². The van der Waals surface area contributed by atoms with Crippen LogP contribution in [0.2, 0.25) is 5.02 Å². The molecule has 0 radical (unpaired) electrons. The van der Waals surface area contributed by atoms with Crippen LogP contribution in [0.4, 0.5) is 11.4 Å². The zero-order valence-corrected chi connectivity index (χ0v) is 17.4. The van der Waals surface area contributed by atoms with Crippen molar-refractivity contribution < 1.29 is 9.21 Å². The van der Waals surface area contributed by atoms with Crippen LogP contribution in [-0.2, 0) is 11.2 Å². The van der Waals surface area contributed by atoms with Crippen LogP contribution in [0.15, 0.2) is 58.2 Å². The second-order valence-corrected chi connectivity index (χ2v) is 8.18. The van der Waals surface area contributed by atoms with Crippen LogP contribution in [0.3, 0.4) is 0 Å². The molecule has 1 amide bonds. The van der Waals surface area contributed by atoms with E-state index < -0.39 is 0 Å². The molecule has 2 aromatic carbocycles. The van der Waals surface area contributed by atoms with Crippen LogP contribution >= 0.6 is 23.4 Å². The fraction of sp³-hybridized carbons (Fsp3) is 0.286. The number of anilines is 2. The third-order valence-corrected chi connectivity index (χ3v) is 5.71. The first-order valence-corrected chi connectivity index (χ1v) is 10.9. The van der Waals surface area contributed by atoms with E-state index in [2.05, 4.69) is 20.4 Å². The maximum Gasteiger partial charge on any atom is 0.277 e. The Morgan fingerprint density at radius 2 is 1.93 bits per heavy atom. The van der Waals surface area contributed by atoms with Crippen molar-refractivity contribution in [2.45, 2.75) is 24.5 Å². The van der Waals surface area contributed by atoms with E-state index in [1.54, 1.807) is 6.07 Å². The number of nitrogens with zero attached hydrogens (tertiary/aromatic N) is 3. The minimum atomic E-state index is -0.138. The Morgan fingerprint density at radius 1 is 1.14 bits per heavy atom. The molecule has 1 N–H and O–H groups in total. The summed E-state index contributed by atoms with van der Waals surface area (Å²) in [7, 11) is 0. The van der Waals surface area contributed by atoms with Gasteiger partial charge >= 0.3 is 0 Å². The highest BCUT2D eigenvalue weighted by Crippen LogP contribution is 2.32. The van der Waals surface area contributed by atoms with Gasteiger partial charge in [-0.2, -0.15) is 0 Å². The standard InChI is InChI=1S/C21H21ClN4O2S/c22-16-8-9-18(26-10-4-5-11-26)17(13-16)23-19(27)14-29-21-25-24-20(28-21)12-15-6-2-1-3-7-15/h1-3,6-9,13H,4-5,10-12,14H2,(H,23,27). The number of aromatic nitrogens is 2. The summed E-state index contributed by atoms with van der Waals surface area (Å²) >= 11 is 7.36. The zero-order valence-electron chi connectivity index (χ0n) is 15.8. The van der Waals surface area contributed by atoms with Crippen molar-refractivity contribution >= 4 is 40.6 Å². The van der Waals surface area contributed by atoms with Gasteiger partial charge in [-0.25, -0.2) is 0 Å². The number of nitrogens with one attached hydrogen (secondary N) is 1. The lowest BCUT2D eigenvalue weighted by molar-refractivity contribution is -0.113. The van der Waals surface area contributed by atoms with Gasteiger partial charge < -0.3 is 14.6 Å². The average Bonchev–Trinajstić information content (AvgIpc) is 3.40. The molecule has 1 aromatic heterocycles. The molecule has 29 heavy (non-hydrogen) atoms. The number of carbonyl (C=O) groups is 1. The monoisotopic (exact) mass is 428 g/mol. The van der Waals surface area contributed by atoms with Crippen molar-refractivity contribution in [2.24, 2.45) is 0 Å². The SMILES string of the molecule is O=C(CSc1nnc(Cc2ccccc2)o1)Nc1cc(Cl)ccc1N1CCCC1. The lowest BCUT2D eigenvalue weighted by Gasteiger charge is -2.21. The van der Waals surface area contributed by atoms with Crippen molar-refractivity contribution in [2.75, 3.05) is 29.1 Å². The van der Waals surface area contributed by atoms with E-state index >= 15 is 0 Å². The van der Waals surface area contributed by atoms with Gasteiger partial charge in [0.25, 0.3) is 5.22 Å². The first-order valence-electron chi connectivity index (χ1n) is 9.51. The number of carbonyl (C=O) groups excluding carboxylic acids is 1. The molecule has 1 aliphatic rings. The van der Waals surface area contributed by atoms with Crippen molar-refractivity contribution in [3.05, 3.63) is 65.0 Å². The molecule has 8 heteroatoms. The molecule has 0 atom stereocenters. The molecule has 6 nitrogen and oxygen atoms in total. The number of benzene rings is 2. The molecule has 0 aliphatic carbocycles. The van der Waals surface area contributed by atoms with Crippen molar-refractivity contribution in [3.63, 3.8) is 0 Å². The molecule has 4 rings (SSSR count). The second kappa shape index (κ2) is 9.33. The molecule has 0 spiro atoms. The topological polar surface area (TPSA) is 71.3 Å². The Bertz CT molecular complexity index is 974. The Kier molecular flexibility index (Phi) is 6.36. The minimum Gasteiger partial charge on any atom is -0.416 e. The van der Waals surface area contributed by atoms with E-state index in [-0.39, 0.29) is 11.7 Å². The van der Waals surface area contributed by atoms with Crippen molar-refractivity contribution in [1.29, 1.82) is 0 Å². The highest BCUT2D eigenvalue weighted by Gasteiger charge is 2.18. The van der Waals surface area contributed by atoms with Gasteiger partial charge in [0.05, 0.1) is 23.5 Å². The predicted octanol–water partition coefficient (Wildman–Crippen LogP) is 4.64. The van der Waals surface area contributed by atoms with Crippen LogP contribution in [0.5, 0.6) is 0 Å².